The highest BCUT2D eigenvalue weighted by atomic mass is 32.1. The minimum atomic E-state index is -0.227. The molecule has 1 aromatic carbocycles. The first-order valence-corrected chi connectivity index (χ1v) is 10.5. The Balaban J connectivity index is 1.50. The third-order valence-electron chi connectivity index (χ3n) is 4.83. The number of methoxy groups -OCH3 is 1. The Morgan fingerprint density at radius 3 is 2.58 bits per heavy atom. The van der Waals surface area contributed by atoms with Gasteiger partial charge in [0.05, 0.1) is 12.8 Å². The highest BCUT2D eigenvalue weighted by Crippen LogP contribution is 2.36. The monoisotopic (exact) mass is 434 g/mol. The number of nitrogen functional groups attached to an aromatic ring is 1. The van der Waals surface area contributed by atoms with Crippen molar-refractivity contribution in [3.63, 3.8) is 0 Å². The molecule has 0 radical (unpaired) electrons. The standard InChI is InChI=1S/C23H22N4O3S/c1-14-11-18(30-13-16-7-9-25-10-8-16)27-23-19(14)20(24)21(31-23)22(28)26-12-15-3-5-17(29-2)6-4-15/h3-11H,12-13,24H2,1-2H3,(H,26,28). The molecule has 8 heteroatoms. The van der Waals surface area contributed by atoms with Crippen molar-refractivity contribution in [2.75, 3.05) is 12.8 Å². The van der Waals surface area contributed by atoms with Crippen molar-refractivity contribution in [2.24, 2.45) is 0 Å². The van der Waals surface area contributed by atoms with E-state index >= 15 is 0 Å². The summed E-state index contributed by atoms with van der Waals surface area (Å²) in [5.41, 5.74) is 9.63. The highest BCUT2D eigenvalue weighted by molar-refractivity contribution is 7.21. The number of aryl methyl sites for hydroxylation is 1. The van der Waals surface area contributed by atoms with Crippen molar-refractivity contribution in [1.29, 1.82) is 0 Å². The van der Waals surface area contributed by atoms with E-state index in [1.807, 2.05) is 49.4 Å². The molecule has 0 spiro atoms. The quantitative estimate of drug-likeness (QED) is 0.454. The summed E-state index contributed by atoms with van der Waals surface area (Å²) in [6, 6.07) is 13.1. The number of anilines is 1. The van der Waals surface area contributed by atoms with Crippen LogP contribution in [0.2, 0.25) is 0 Å². The van der Waals surface area contributed by atoms with E-state index in [2.05, 4.69) is 15.3 Å². The van der Waals surface area contributed by atoms with Crippen molar-refractivity contribution in [3.05, 3.63) is 76.4 Å². The van der Waals surface area contributed by atoms with E-state index in [9.17, 15) is 4.79 Å². The third-order valence-corrected chi connectivity index (χ3v) is 5.93. The van der Waals surface area contributed by atoms with Crippen molar-refractivity contribution in [2.45, 2.75) is 20.1 Å². The van der Waals surface area contributed by atoms with Gasteiger partial charge in [-0.15, -0.1) is 11.3 Å². The SMILES string of the molecule is COc1ccc(CNC(=O)c2sc3nc(OCc4ccncc4)cc(C)c3c2N)cc1. The number of pyridine rings is 2. The number of carbonyl (C=O) groups is 1. The van der Waals surface area contributed by atoms with E-state index in [-0.39, 0.29) is 5.91 Å². The van der Waals surface area contributed by atoms with E-state index in [1.54, 1.807) is 19.5 Å². The smallest absolute Gasteiger partial charge is 0.263 e. The van der Waals surface area contributed by atoms with Crippen LogP contribution in [-0.4, -0.2) is 23.0 Å². The largest absolute Gasteiger partial charge is 0.497 e. The van der Waals surface area contributed by atoms with Gasteiger partial charge in [0.25, 0.3) is 5.91 Å². The van der Waals surface area contributed by atoms with Crippen LogP contribution in [0, 0.1) is 6.92 Å². The first-order valence-electron chi connectivity index (χ1n) is 9.67. The summed E-state index contributed by atoms with van der Waals surface area (Å²) >= 11 is 1.27. The van der Waals surface area contributed by atoms with E-state index in [0.29, 0.717) is 34.4 Å². The second kappa shape index (κ2) is 9.01. The fraction of sp³-hybridized carbons (Fsp3) is 0.174. The molecule has 4 aromatic rings. The molecule has 0 saturated heterocycles. The molecule has 3 heterocycles. The number of hydrogen-bond acceptors (Lipinski definition) is 7. The molecule has 31 heavy (non-hydrogen) atoms. The predicted molar refractivity (Wildman–Crippen MR) is 122 cm³/mol. The summed E-state index contributed by atoms with van der Waals surface area (Å²) in [5.74, 6) is 1.04. The maximum atomic E-state index is 12.8. The molecular weight excluding hydrogens is 412 g/mol. The van der Waals surface area contributed by atoms with Crippen LogP contribution in [0.4, 0.5) is 5.69 Å². The lowest BCUT2D eigenvalue weighted by atomic mass is 10.1. The number of hydrogen-bond donors (Lipinski definition) is 2. The van der Waals surface area contributed by atoms with Crippen LogP contribution in [-0.2, 0) is 13.2 Å². The molecule has 158 valence electrons. The fourth-order valence-corrected chi connectivity index (χ4v) is 4.24. The number of carbonyl (C=O) groups excluding carboxylic acids is 1. The zero-order valence-corrected chi connectivity index (χ0v) is 18.0. The molecule has 1 amide bonds. The van der Waals surface area contributed by atoms with Crippen LogP contribution in [0.3, 0.4) is 0 Å². The van der Waals surface area contributed by atoms with Gasteiger partial charge in [-0.05, 0) is 47.9 Å². The van der Waals surface area contributed by atoms with Crippen LogP contribution in [0.1, 0.15) is 26.4 Å². The number of amides is 1. The van der Waals surface area contributed by atoms with Gasteiger partial charge < -0.3 is 20.5 Å². The van der Waals surface area contributed by atoms with Crippen molar-refractivity contribution >= 4 is 33.1 Å². The van der Waals surface area contributed by atoms with Gasteiger partial charge in [-0.25, -0.2) is 4.98 Å². The van der Waals surface area contributed by atoms with Gasteiger partial charge in [0.15, 0.2) is 0 Å². The molecular formula is C23H22N4O3S. The number of benzene rings is 1. The van der Waals surface area contributed by atoms with Gasteiger partial charge in [0, 0.05) is 30.4 Å². The van der Waals surface area contributed by atoms with E-state index in [1.165, 1.54) is 11.3 Å². The number of ether oxygens (including phenoxy) is 2. The van der Waals surface area contributed by atoms with Crippen molar-refractivity contribution in [1.82, 2.24) is 15.3 Å². The number of fused-ring (bicyclic) bond motifs is 1. The fourth-order valence-electron chi connectivity index (χ4n) is 3.17. The molecule has 0 atom stereocenters. The van der Waals surface area contributed by atoms with Crippen LogP contribution >= 0.6 is 11.3 Å². The number of aromatic nitrogens is 2. The Hall–Kier alpha value is -3.65. The van der Waals surface area contributed by atoms with Crippen molar-refractivity contribution in [3.8, 4) is 11.6 Å². The Morgan fingerprint density at radius 1 is 1.13 bits per heavy atom. The molecule has 0 aliphatic rings. The van der Waals surface area contributed by atoms with Gasteiger partial charge in [-0.2, -0.15) is 0 Å². The number of rotatable bonds is 7. The molecule has 0 fully saturated rings. The minimum absolute atomic E-state index is 0.227. The number of nitrogens with one attached hydrogen (secondary N) is 1. The maximum absolute atomic E-state index is 12.8. The lowest BCUT2D eigenvalue weighted by Gasteiger charge is -2.07. The number of thiophene rings is 1. The third kappa shape index (κ3) is 4.59. The lowest BCUT2D eigenvalue weighted by Crippen LogP contribution is -2.22. The molecule has 0 bridgehead atoms. The normalized spacial score (nSPS) is 10.8. The Morgan fingerprint density at radius 2 is 1.87 bits per heavy atom. The van der Waals surface area contributed by atoms with Crippen molar-refractivity contribution < 1.29 is 14.3 Å². The Bertz CT molecular complexity index is 1210. The second-order valence-corrected chi connectivity index (χ2v) is 7.98. The van der Waals surface area contributed by atoms with Crippen LogP contribution < -0.4 is 20.5 Å². The minimum Gasteiger partial charge on any atom is -0.497 e. The molecule has 3 N–H and O–H groups in total. The van der Waals surface area contributed by atoms with Crippen LogP contribution in [0.15, 0.2) is 54.9 Å². The first kappa shape index (κ1) is 20.6. The van der Waals surface area contributed by atoms with Crippen LogP contribution in [0.25, 0.3) is 10.2 Å². The van der Waals surface area contributed by atoms with Crippen LogP contribution in [0.5, 0.6) is 11.6 Å². The van der Waals surface area contributed by atoms with Gasteiger partial charge in [0.2, 0.25) is 5.88 Å². The summed E-state index contributed by atoms with van der Waals surface area (Å²) in [4.78, 5) is 22.5. The van der Waals surface area contributed by atoms with E-state index < -0.39 is 0 Å². The predicted octanol–water partition coefficient (Wildman–Crippen LogP) is 4.10. The molecule has 3 aromatic heterocycles. The summed E-state index contributed by atoms with van der Waals surface area (Å²) in [7, 11) is 1.62. The molecule has 7 nitrogen and oxygen atoms in total. The molecule has 0 aliphatic heterocycles. The highest BCUT2D eigenvalue weighted by Gasteiger charge is 2.19. The lowest BCUT2D eigenvalue weighted by molar-refractivity contribution is 0.0956. The maximum Gasteiger partial charge on any atom is 0.263 e. The average molecular weight is 435 g/mol. The zero-order valence-electron chi connectivity index (χ0n) is 17.2. The molecule has 0 unspecified atom stereocenters. The molecule has 0 saturated carbocycles. The molecule has 0 aliphatic carbocycles. The summed E-state index contributed by atoms with van der Waals surface area (Å²) in [6.07, 6.45) is 3.44. The van der Waals surface area contributed by atoms with Gasteiger partial charge in [0.1, 0.15) is 22.1 Å². The van der Waals surface area contributed by atoms with E-state index in [4.69, 9.17) is 15.2 Å². The zero-order chi connectivity index (χ0) is 21.8. The summed E-state index contributed by atoms with van der Waals surface area (Å²) in [6.45, 7) is 2.71. The van der Waals surface area contributed by atoms with Gasteiger partial charge >= 0.3 is 0 Å². The Kier molecular flexibility index (Phi) is 5.99. The first-order chi connectivity index (χ1) is 15.0. The number of nitrogens with zero attached hydrogens (tertiary/aromatic N) is 2. The summed E-state index contributed by atoms with van der Waals surface area (Å²) < 4.78 is 11.0. The van der Waals surface area contributed by atoms with Gasteiger partial charge in [-0.3, -0.25) is 9.78 Å². The number of nitrogens with two attached hydrogens (primary N) is 1. The van der Waals surface area contributed by atoms with Gasteiger partial charge in [-0.1, -0.05) is 12.1 Å². The molecule has 4 rings (SSSR count). The van der Waals surface area contributed by atoms with E-state index in [0.717, 1.165) is 27.8 Å². The summed E-state index contributed by atoms with van der Waals surface area (Å²) in [5, 5.41) is 3.71. The average Bonchev–Trinajstić information content (AvgIpc) is 3.14. The topological polar surface area (TPSA) is 99.4 Å². The second-order valence-electron chi connectivity index (χ2n) is 6.98. The Labute approximate surface area is 183 Å².